The molecule has 0 saturated carbocycles. The van der Waals surface area contributed by atoms with Crippen LogP contribution in [0.2, 0.25) is 0 Å². The summed E-state index contributed by atoms with van der Waals surface area (Å²) in [5.74, 6) is 2.13. The summed E-state index contributed by atoms with van der Waals surface area (Å²) in [6, 6.07) is 5.91. The van der Waals surface area contributed by atoms with Gasteiger partial charge >= 0.3 is 0 Å². The first-order chi connectivity index (χ1) is 13.7. The van der Waals surface area contributed by atoms with Gasteiger partial charge in [0.15, 0.2) is 0 Å². The van der Waals surface area contributed by atoms with Crippen LogP contribution in [0.25, 0.3) is 11.0 Å². The number of hydrogen-bond acceptors (Lipinski definition) is 5. The van der Waals surface area contributed by atoms with E-state index in [-0.39, 0.29) is 0 Å². The first kappa shape index (κ1) is 19.2. The molecule has 4 rings (SSSR count). The lowest BCUT2D eigenvalue weighted by Gasteiger charge is -2.34. The van der Waals surface area contributed by atoms with Gasteiger partial charge in [-0.3, -0.25) is 14.6 Å². The third-order valence-corrected chi connectivity index (χ3v) is 5.89. The number of benzene rings is 1. The van der Waals surface area contributed by atoms with Gasteiger partial charge in [-0.25, -0.2) is 4.98 Å². The molecule has 1 aromatic carbocycles. The Morgan fingerprint density at radius 1 is 1.04 bits per heavy atom. The molecule has 0 radical (unpaired) electrons. The second-order valence-corrected chi connectivity index (χ2v) is 7.91. The Balaban J connectivity index is 1.26. The van der Waals surface area contributed by atoms with E-state index in [1.807, 2.05) is 18.2 Å². The van der Waals surface area contributed by atoms with Gasteiger partial charge in [0.25, 0.3) is 0 Å². The number of carbonyl (C=O) groups excluding carboxylic acids is 1. The van der Waals surface area contributed by atoms with Gasteiger partial charge in [0.05, 0.1) is 31.2 Å². The molecule has 0 bridgehead atoms. The van der Waals surface area contributed by atoms with Crippen LogP contribution < -0.4 is 4.74 Å². The molecular formula is C21H31N5O2. The number of ether oxygens (including phenoxy) is 1. The Morgan fingerprint density at radius 3 is 2.46 bits per heavy atom. The molecule has 2 aromatic rings. The zero-order chi connectivity index (χ0) is 19.3. The molecule has 7 nitrogen and oxygen atoms in total. The molecule has 0 aliphatic carbocycles. The maximum absolute atomic E-state index is 12.6. The van der Waals surface area contributed by atoms with E-state index in [1.54, 1.807) is 7.11 Å². The van der Waals surface area contributed by atoms with E-state index < -0.39 is 0 Å². The number of carbonyl (C=O) groups is 1. The highest BCUT2D eigenvalue weighted by atomic mass is 16.5. The summed E-state index contributed by atoms with van der Waals surface area (Å²) in [6.45, 7) is 7.07. The van der Waals surface area contributed by atoms with Crippen LogP contribution in [0.15, 0.2) is 18.2 Å². The summed E-state index contributed by atoms with van der Waals surface area (Å²) in [7, 11) is 1.68. The Morgan fingerprint density at radius 2 is 1.75 bits per heavy atom. The molecule has 1 aromatic heterocycles. The van der Waals surface area contributed by atoms with E-state index in [2.05, 4.69) is 19.7 Å². The van der Waals surface area contributed by atoms with Crippen molar-refractivity contribution in [3.05, 3.63) is 24.0 Å². The van der Waals surface area contributed by atoms with Crippen LogP contribution in [0, 0.1) is 0 Å². The fourth-order valence-corrected chi connectivity index (χ4v) is 4.17. The number of rotatable bonds is 5. The maximum Gasteiger partial charge on any atom is 0.236 e. The number of amides is 1. The van der Waals surface area contributed by atoms with E-state index in [4.69, 9.17) is 9.72 Å². The number of nitrogens with one attached hydrogen (secondary N) is 1. The molecule has 0 atom stereocenters. The van der Waals surface area contributed by atoms with Crippen LogP contribution in [0.5, 0.6) is 5.75 Å². The molecule has 7 heteroatoms. The lowest BCUT2D eigenvalue weighted by molar-refractivity contribution is -0.132. The Labute approximate surface area is 166 Å². The highest BCUT2D eigenvalue weighted by Gasteiger charge is 2.23. The topological polar surface area (TPSA) is 64.7 Å². The lowest BCUT2D eigenvalue weighted by atomic mass is 10.2. The van der Waals surface area contributed by atoms with Gasteiger partial charge in [0.1, 0.15) is 11.6 Å². The summed E-state index contributed by atoms with van der Waals surface area (Å²) >= 11 is 0. The van der Waals surface area contributed by atoms with Crippen LogP contribution in [0.4, 0.5) is 0 Å². The van der Waals surface area contributed by atoms with Crippen molar-refractivity contribution in [1.82, 2.24) is 24.7 Å². The smallest absolute Gasteiger partial charge is 0.236 e. The van der Waals surface area contributed by atoms with Crippen molar-refractivity contribution in [3.63, 3.8) is 0 Å². The summed E-state index contributed by atoms with van der Waals surface area (Å²) in [5.41, 5.74) is 1.98. The first-order valence-electron chi connectivity index (χ1n) is 10.5. The van der Waals surface area contributed by atoms with Gasteiger partial charge in [0, 0.05) is 45.3 Å². The fourth-order valence-electron chi connectivity index (χ4n) is 4.17. The molecule has 1 amide bonds. The third-order valence-electron chi connectivity index (χ3n) is 5.89. The number of aromatic nitrogens is 2. The van der Waals surface area contributed by atoms with E-state index >= 15 is 0 Å². The van der Waals surface area contributed by atoms with Gasteiger partial charge < -0.3 is 14.6 Å². The van der Waals surface area contributed by atoms with Gasteiger partial charge in [0.2, 0.25) is 5.91 Å². The molecule has 28 heavy (non-hydrogen) atoms. The van der Waals surface area contributed by atoms with Crippen LogP contribution in [0.1, 0.15) is 31.5 Å². The van der Waals surface area contributed by atoms with E-state index in [1.165, 1.54) is 12.8 Å². The Hall–Kier alpha value is -2.12. The molecule has 1 N–H and O–H groups in total. The molecule has 0 unspecified atom stereocenters. The number of piperazine rings is 1. The fraction of sp³-hybridized carbons (Fsp3) is 0.619. The highest BCUT2D eigenvalue weighted by Crippen LogP contribution is 2.19. The average Bonchev–Trinajstić information content (AvgIpc) is 2.91. The van der Waals surface area contributed by atoms with Gasteiger partial charge in [-0.2, -0.15) is 0 Å². The predicted octanol–water partition coefficient (Wildman–Crippen LogP) is 2.09. The average molecular weight is 386 g/mol. The van der Waals surface area contributed by atoms with Crippen LogP contribution >= 0.6 is 0 Å². The molecule has 2 aliphatic heterocycles. The van der Waals surface area contributed by atoms with Crippen molar-refractivity contribution in [3.8, 4) is 5.75 Å². The third kappa shape index (κ3) is 4.64. The zero-order valence-electron chi connectivity index (χ0n) is 16.8. The standard InChI is InChI=1S/C21H31N5O2/c1-28-17-6-7-18-19(14-17)23-20(22-18)15-24-10-12-25(13-11-24)16-21(27)26-8-4-2-3-5-9-26/h6-7,14H,2-5,8-13,15-16H2,1H3,(H,22,23). The van der Waals surface area contributed by atoms with Gasteiger partial charge in [-0.15, -0.1) is 0 Å². The molecule has 0 spiro atoms. The number of likely N-dealkylation sites (tertiary alicyclic amines) is 1. The van der Waals surface area contributed by atoms with Crippen molar-refractivity contribution in [2.75, 3.05) is 52.9 Å². The minimum Gasteiger partial charge on any atom is -0.497 e. The molecule has 2 saturated heterocycles. The van der Waals surface area contributed by atoms with Crippen molar-refractivity contribution in [2.45, 2.75) is 32.2 Å². The van der Waals surface area contributed by atoms with Crippen LogP contribution in [0.3, 0.4) is 0 Å². The summed E-state index contributed by atoms with van der Waals surface area (Å²) in [4.78, 5) is 27.5. The molecular weight excluding hydrogens is 354 g/mol. The number of nitrogens with zero attached hydrogens (tertiary/aromatic N) is 4. The number of hydrogen-bond donors (Lipinski definition) is 1. The monoisotopic (exact) mass is 385 g/mol. The van der Waals surface area contributed by atoms with Crippen LogP contribution in [-0.2, 0) is 11.3 Å². The summed E-state index contributed by atoms with van der Waals surface area (Å²) in [5, 5.41) is 0. The second-order valence-electron chi connectivity index (χ2n) is 7.91. The summed E-state index contributed by atoms with van der Waals surface area (Å²) in [6.07, 6.45) is 4.83. The normalized spacial score (nSPS) is 19.7. The number of aromatic amines is 1. The van der Waals surface area contributed by atoms with Gasteiger partial charge in [-0.05, 0) is 25.0 Å². The second kappa shape index (κ2) is 8.92. The van der Waals surface area contributed by atoms with Gasteiger partial charge in [-0.1, -0.05) is 12.8 Å². The number of fused-ring (bicyclic) bond motifs is 1. The predicted molar refractivity (Wildman–Crippen MR) is 109 cm³/mol. The number of methoxy groups -OCH3 is 1. The minimum atomic E-state index is 0.307. The molecule has 2 aliphatic rings. The largest absolute Gasteiger partial charge is 0.497 e. The lowest BCUT2D eigenvalue weighted by Crippen LogP contribution is -2.49. The number of imidazole rings is 1. The first-order valence-corrected chi connectivity index (χ1v) is 10.5. The van der Waals surface area contributed by atoms with Crippen LogP contribution in [-0.4, -0.2) is 83.5 Å². The quantitative estimate of drug-likeness (QED) is 0.854. The van der Waals surface area contributed by atoms with Crippen molar-refractivity contribution < 1.29 is 9.53 Å². The van der Waals surface area contributed by atoms with Crippen molar-refractivity contribution in [2.24, 2.45) is 0 Å². The van der Waals surface area contributed by atoms with E-state index in [0.717, 1.165) is 81.3 Å². The Kier molecular flexibility index (Phi) is 6.12. The number of H-pyrrole nitrogens is 1. The highest BCUT2D eigenvalue weighted by molar-refractivity contribution is 5.78. The molecule has 2 fully saturated rings. The Bertz CT molecular complexity index is 789. The van der Waals surface area contributed by atoms with Crippen molar-refractivity contribution >= 4 is 16.9 Å². The molecule has 152 valence electrons. The molecule has 3 heterocycles. The maximum atomic E-state index is 12.6. The minimum absolute atomic E-state index is 0.307. The van der Waals surface area contributed by atoms with E-state index in [0.29, 0.717) is 12.5 Å². The van der Waals surface area contributed by atoms with E-state index in [9.17, 15) is 4.79 Å². The van der Waals surface area contributed by atoms with Crippen molar-refractivity contribution in [1.29, 1.82) is 0 Å². The SMILES string of the molecule is COc1ccc2nc(CN3CCN(CC(=O)N4CCCCCC4)CC3)[nH]c2c1. The zero-order valence-corrected chi connectivity index (χ0v) is 16.8. The summed E-state index contributed by atoms with van der Waals surface area (Å²) < 4.78 is 5.28.